The van der Waals surface area contributed by atoms with E-state index < -0.39 is 0 Å². The average Bonchev–Trinajstić information content (AvgIpc) is 3.18. The third kappa shape index (κ3) is 4.59. The van der Waals surface area contributed by atoms with E-state index in [0.29, 0.717) is 11.8 Å². The monoisotopic (exact) mass is 410 g/mol. The van der Waals surface area contributed by atoms with Gasteiger partial charge in [0.15, 0.2) is 11.0 Å². The molecule has 144 valence electrons. The zero-order valence-corrected chi connectivity index (χ0v) is 17.1. The number of aromatic nitrogens is 3. The standard InChI is InChI=1S/C21H22N4OS2/c26-19(22-17-11-13-27-14-12-17)15-28-21-24-23-20(16-7-3-1-4-8-16)25(21)18-9-5-2-6-10-18/h1-10,17H,11-15H2,(H,22,26). The molecule has 0 aliphatic carbocycles. The van der Waals surface area contributed by atoms with E-state index in [9.17, 15) is 4.79 Å². The normalized spacial score (nSPS) is 14.7. The predicted octanol–water partition coefficient (Wildman–Crippen LogP) is 4.04. The summed E-state index contributed by atoms with van der Waals surface area (Å²) in [6, 6.07) is 20.3. The molecule has 3 aromatic rings. The van der Waals surface area contributed by atoms with Gasteiger partial charge in [-0.25, -0.2) is 0 Å². The molecule has 1 amide bonds. The Balaban J connectivity index is 1.53. The molecule has 28 heavy (non-hydrogen) atoms. The minimum absolute atomic E-state index is 0.0609. The largest absolute Gasteiger partial charge is 0.353 e. The molecule has 1 aromatic heterocycles. The Hall–Kier alpha value is -2.25. The lowest BCUT2D eigenvalue weighted by molar-refractivity contribution is -0.119. The fourth-order valence-corrected chi connectivity index (χ4v) is 5.06. The lowest BCUT2D eigenvalue weighted by Gasteiger charge is -2.22. The van der Waals surface area contributed by atoms with Crippen LogP contribution in [0.4, 0.5) is 0 Å². The Morgan fingerprint density at radius 1 is 1.04 bits per heavy atom. The van der Waals surface area contributed by atoms with Gasteiger partial charge >= 0.3 is 0 Å². The number of hydrogen-bond donors (Lipinski definition) is 1. The molecule has 1 fully saturated rings. The van der Waals surface area contributed by atoms with Gasteiger partial charge in [0.1, 0.15) is 0 Å². The number of hydrogen-bond acceptors (Lipinski definition) is 5. The highest BCUT2D eigenvalue weighted by atomic mass is 32.2. The van der Waals surface area contributed by atoms with E-state index in [1.165, 1.54) is 11.8 Å². The van der Waals surface area contributed by atoms with E-state index in [1.807, 2.05) is 77.0 Å². The smallest absolute Gasteiger partial charge is 0.230 e. The third-order valence-corrected chi connectivity index (χ3v) is 6.58. The van der Waals surface area contributed by atoms with Crippen LogP contribution in [0, 0.1) is 0 Å². The first-order valence-corrected chi connectivity index (χ1v) is 11.5. The minimum Gasteiger partial charge on any atom is -0.353 e. The van der Waals surface area contributed by atoms with Crippen molar-refractivity contribution in [2.75, 3.05) is 17.3 Å². The summed E-state index contributed by atoms with van der Waals surface area (Å²) in [5, 5.41) is 12.7. The summed E-state index contributed by atoms with van der Waals surface area (Å²) >= 11 is 3.38. The van der Waals surface area contributed by atoms with Crippen LogP contribution >= 0.6 is 23.5 Å². The number of para-hydroxylation sites is 1. The first kappa shape index (κ1) is 19.1. The lowest BCUT2D eigenvalue weighted by atomic mass is 10.1. The van der Waals surface area contributed by atoms with Gasteiger partial charge in [-0.2, -0.15) is 11.8 Å². The zero-order valence-electron chi connectivity index (χ0n) is 15.5. The Kier molecular flexibility index (Phi) is 6.34. The van der Waals surface area contributed by atoms with Crippen LogP contribution in [0.5, 0.6) is 0 Å². The molecule has 0 radical (unpaired) electrons. The lowest BCUT2D eigenvalue weighted by Crippen LogP contribution is -2.38. The molecule has 0 atom stereocenters. The Labute approximate surface area is 173 Å². The van der Waals surface area contributed by atoms with Crippen LogP contribution in [0.15, 0.2) is 65.8 Å². The van der Waals surface area contributed by atoms with Crippen molar-refractivity contribution in [3.05, 3.63) is 60.7 Å². The number of rotatable bonds is 6. The summed E-state index contributed by atoms with van der Waals surface area (Å²) in [4.78, 5) is 12.4. The maximum atomic E-state index is 12.4. The van der Waals surface area contributed by atoms with Crippen LogP contribution < -0.4 is 5.32 Å². The van der Waals surface area contributed by atoms with Crippen LogP contribution in [0.2, 0.25) is 0 Å². The van der Waals surface area contributed by atoms with Gasteiger partial charge in [0.05, 0.1) is 5.75 Å². The predicted molar refractivity (Wildman–Crippen MR) is 116 cm³/mol. The number of thioether (sulfide) groups is 2. The van der Waals surface area contributed by atoms with Crippen molar-refractivity contribution in [1.29, 1.82) is 0 Å². The first-order chi connectivity index (χ1) is 13.8. The Morgan fingerprint density at radius 3 is 2.43 bits per heavy atom. The van der Waals surface area contributed by atoms with E-state index in [-0.39, 0.29) is 5.91 Å². The Bertz CT molecular complexity index is 909. The molecule has 1 aliphatic rings. The third-order valence-electron chi connectivity index (χ3n) is 4.60. The quantitative estimate of drug-likeness (QED) is 0.622. The van der Waals surface area contributed by atoms with E-state index in [1.54, 1.807) is 0 Å². The number of carbonyl (C=O) groups excluding carboxylic acids is 1. The van der Waals surface area contributed by atoms with Crippen LogP contribution in [0.1, 0.15) is 12.8 Å². The number of benzene rings is 2. The molecule has 2 heterocycles. The number of nitrogens with one attached hydrogen (secondary N) is 1. The van der Waals surface area contributed by atoms with Gasteiger partial charge in [0.2, 0.25) is 5.91 Å². The molecule has 0 spiro atoms. The van der Waals surface area contributed by atoms with Crippen LogP contribution in [0.3, 0.4) is 0 Å². The summed E-state index contributed by atoms with van der Waals surface area (Å²) in [5.41, 5.74) is 1.98. The molecule has 1 saturated heterocycles. The van der Waals surface area contributed by atoms with Crippen molar-refractivity contribution in [2.45, 2.75) is 24.0 Å². The van der Waals surface area contributed by atoms with Crippen molar-refractivity contribution in [3.63, 3.8) is 0 Å². The average molecular weight is 411 g/mol. The summed E-state index contributed by atoms with van der Waals surface area (Å²) in [7, 11) is 0. The number of carbonyl (C=O) groups is 1. The molecular weight excluding hydrogens is 388 g/mol. The summed E-state index contributed by atoms with van der Waals surface area (Å²) in [5.74, 6) is 3.43. The molecule has 2 aromatic carbocycles. The second-order valence-electron chi connectivity index (χ2n) is 6.59. The topological polar surface area (TPSA) is 59.8 Å². The van der Waals surface area contributed by atoms with Crippen molar-refractivity contribution in [3.8, 4) is 17.1 Å². The van der Waals surface area contributed by atoms with Crippen LogP contribution in [-0.4, -0.2) is 44.0 Å². The van der Waals surface area contributed by atoms with E-state index in [4.69, 9.17) is 0 Å². The molecule has 4 rings (SSSR count). The molecular formula is C21H22N4OS2. The number of amides is 1. The zero-order chi connectivity index (χ0) is 19.2. The summed E-state index contributed by atoms with van der Waals surface area (Å²) in [6.45, 7) is 0. The van der Waals surface area contributed by atoms with Gasteiger partial charge in [-0.05, 0) is 36.5 Å². The second kappa shape index (κ2) is 9.30. The van der Waals surface area contributed by atoms with Gasteiger partial charge < -0.3 is 5.32 Å². The number of nitrogens with zero attached hydrogens (tertiary/aromatic N) is 3. The van der Waals surface area contributed by atoms with Gasteiger partial charge in [0.25, 0.3) is 0 Å². The molecule has 0 saturated carbocycles. The van der Waals surface area contributed by atoms with Crippen molar-refractivity contribution >= 4 is 29.4 Å². The fraction of sp³-hybridized carbons (Fsp3) is 0.286. The molecule has 7 heteroatoms. The van der Waals surface area contributed by atoms with Gasteiger partial charge in [-0.3, -0.25) is 9.36 Å². The maximum absolute atomic E-state index is 12.4. The summed E-state index contributed by atoms with van der Waals surface area (Å²) in [6.07, 6.45) is 2.11. The second-order valence-corrected chi connectivity index (χ2v) is 8.75. The van der Waals surface area contributed by atoms with E-state index in [0.717, 1.165) is 46.6 Å². The molecule has 1 N–H and O–H groups in total. The molecule has 1 aliphatic heterocycles. The fourth-order valence-electron chi connectivity index (χ4n) is 3.19. The van der Waals surface area contributed by atoms with Crippen LogP contribution in [0.25, 0.3) is 17.1 Å². The molecule has 0 unspecified atom stereocenters. The van der Waals surface area contributed by atoms with Crippen LogP contribution in [-0.2, 0) is 4.79 Å². The summed E-state index contributed by atoms with van der Waals surface area (Å²) < 4.78 is 2.02. The highest BCUT2D eigenvalue weighted by molar-refractivity contribution is 7.99. The maximum Gasteiger partial charge on any atom is 0.230 e. The van der Waals surface area contributed by atoms with Gasteiger partial charge in [-0.1, -0.05) is 60.3 Å². The van der Waals surface area contributed by atoms with Crippen molar-refractivity contribution in [1.82, 2.24) is 20.1 Å². The van der Waals surface area contributed by atoms with Crippen molar-refractivity contribution in [2.24, 2.45) is 0 Å². The Morgan fingerprint density at radius 2 is 1.71 bits per heavy atom. The minimum atomic E-state index is 0.0609. The molecule has 5 nitrogen and oxygen atoms in total. The van der Waals surface area contributed by atoms with Crippen molar-refractivity contribution < 1.29 is 4.79 Å². The van der Waals surface area contributed by atoms with Gasteiger partial charge in [-0.15, -0.1) is 10.2 Å². The van der Waals surface area contributed by atoms with E-state index in [2.05, 4.69) is 15.5 Å². The van der Waals surface area contributed by atoms with Gasteiger partial charge in [0, 0.05) is 17.3 Å². The first-order valence-electron chi connectivity index (χ1n) is 9.37. The molecule has 0 bridgehead atoms. The highest BCUT2D eigenvalue weighted by Gasteiger charge is 2.19. The van der Waals surface area contributed by atoms with E-state index >= 15 is 0 Å². The SMILES string of the molecule is O=C(CSc1nnc(-c2ccccc2)n1-c1ccccc1)NC1CCSCC1. The highest BCUT2D eigenvalue weighted by Crippen LogP contribution is 2.27.